The SMILES string of the molecule is CCCCCNCCN(CC1CC1)C(C)C. The molecule has 0 heterocycles. The Bertz CT molecular complexity index is 164. The minimum atomic E-state index is 0.707. The van der Waals surface area contributed by atoms with Crippen LogP contribution >= 0.6 is 0 Å². The van der Waals surface area contributed by atoms with Crippen molar-refractivity contribution >= 4 is 0 Å². The Balaban J connectivity index is 1.98. The summed E-state index contributed by atoms with van der Waals surface area (Å²) in [6.07, 6.45) is 6.95. The summed E-state index contributed by atoms with van der Waals surface area (Å²) in [6.45, 7) is 11.8. The van der Waals surface area contributed by atoms with E-state index in [-0.39, 0.29) is 0 Å². The van der Waals surface area contributed by atoms with E-state index in [1.54, 1.807) is 0 Å². The number of hydrogen-bond acceptors (Lipinski definition) is 2. The summed E-state index contributed by atoms with van der Waals surface area (Å²) < 4.78 is 0. The van der Waals surface area contributed by atoms with E-state index in [9.17, 15) is 0 Å². The van der Waals surface area contributed by atoms with Gasteiger partial charge in [0.2, 0.25) is 0 Å². The van der Waals surface area contributed by atoms with Gasteiger partial charge in [0.15, 0.2) is 0 Å². The Morgan fingerprint density at radius 2 is 1.94 bits per heavy atom. The summed E-state index contributed by atoms with van der Waals surface area (Å²) in [5.41, 5.74) is 0. The zero-order chi connectivity index (χ0) is 11.8. The molecule has 0 atom stereocenters. The maximum Gasteiger partial charge on any atom is 0.0110 e. The van der Waals surface area contributed by atoms with Crippen LogP contribution in [0.5, 0.6) is 0 Å². The van der Waals surface area contributed by atoms with Crippen LogP contribution in [-0.4, -0.2) is 37.1 Å². The van der Waals surface area contributed by atoms with E-state index in [4.69, 9.17) is 0 Å². The third-order valence-electron chi connectivity index (χ3n) is 3.45. The van der Waals surface area contributed by atoms with Crippen molar-refractivity contribution in [3.8, 4) is 0 Å². The molecule has 0 amide bonds. The molecular formula is C14H30N2. The van der Waals surface area contributed by atoms with Crippen molar-refractivity contribution in [2.75, 3.05) is 26.2 Å². The number of rotatable bonds is 10. The van der Waals surface area contributed by atoms with Gasteiger partial charge in [0, 0.05) is 25.7 Å². The van der Waals surface area contributed by atoms with Crippen molar-refractivity contribution < 1.29 is 0 Å². The van der Waals surface area contributed by atoms with Crippen LogP contribution in [0.2, 0.25) is 0 Å². The smallest absolute Gasteiger partial charge is 0.0110 e. The molecule has 1 N–H and O–H groups in total. The molecule has 0 aliphatic heterocycles. The predicted octanol–water partition coefficient (Wildman–Crippen LogP) is 2.89. The Kier molecular flexibility index (Phi) is 7.06. The molecular weight excluding hydrogens is 196 g/mol. The molecule has 1 saturated carbocycles. The van der Waals surface area contributed by atoms with Gasteiger partial charge in [-0.15, -0.1) is 0 Å². The number of unbranched alkanes of at least 4 members (excludes halogenated alkanes) is 2. The van der Waals surface area contributed by atoms with E-state index < -0.39 is 0 Å². The van der Waals surface area contributed by atoms with Gasteiger partial charge in [-0.05, 0) is 45.6 Å². The monoisotopic (exact) mass is 226 g/mol. The van der Waals surface area contributed by atoms with Gasteiger partial charge >= 0.3 is 0 Å². The lowest BCUT2D eigenvalue weighted by molar-refractivity contribution is 0.213. The lowest BCUT2D eigenvalue weighted by Crippen LogP contribution is -2.38. The largest absolute Gasteiger partial charge is 0.315 e. The standard InChI is InChI=1S/C14H30N2/c1-4-5-6-9-15-10-11-16(13(2)3)12-14-7-8-14/h13-15H,4-12H2,1-3H3. The van der Waals surface area contributed by atoms with Crippen LogP contribution in [-0.2, 0) is 0 Å². The molecule has 2 heteroatoms. The summed E-state index contributed by atoms with van der Waals surface area (Å²) in [5.74, 6) is 1.02. The molecule has 0 spiro atoms. The van der Waals surface area contributed by atoms with Crippen molar-refractivity contribution in [3.63, 3.8) is 0 Å². The zero-order valence-electron chi connectivity index (χ0n) is 11.5. The van der Waals surface area contributed by atoms with Gasteiger partial charge in [-0.1, -0.05) is 19.8 Å². The summed E-state index contributed by atoms with van der Waals surface area (Å²) in [5, 5.41) is 3.56. The van der Waals surface area contributed by atoms with Gasteiger partial charge in [-0.2, -0.15) is 0 Å². The molecule has 0 saturated heterocycles. The minimum Gasteiger partial charge on any atom is -0.315 e. The van der Waals surface area contributed by atoms with Crippen molar-refractivity contribution in [2.24, 2.45) is 5.92 Å². The van der Waals surface area contributed by atoms with Gasteiger partial charge < -0.3 is 5.32 Å². The molecule has 0 aromatic carbocycles. The first-order valence-corrected chi connectivity index (χ1v) is 7.18. The quantitative estimate of drug-likeness (QED) is 0.576. The van der Waals surface area contributed by atoms with Crippen molar-refractivity contribution in [1.29, 1.82) is 0 Å². The summed E-state index contributed by atoms with van der Waals surface area (Å²) in [7, 11) is 0. The van der Waals surface area contributed by atoms with Crippen LogP contribution in [0.15, 0.2) is 0 Å². The normalized spacial score (nSPS) is 16.3. The molecule has 0 unspecified atom stereocenters. The lowest BCUT2D eigenvalue weighted by Gasteiger charge is -2.26. The second-order valence-corrected chi connectivity index (χ2v) is 5.49. The molecule has 0 radical (unpaired) electrons. The second-order valence-electron chi connectivity index (χ2n) is 5.49. The van der Waals surface area contributed by atoms with E-state index >= 15 is 0 Å². The van der Waals surface area contributed by atoms with Gasteiger partial charge in [0.05, 0.1) is 0 Å². The molecule has 0 aromatic rings. The second kappa shape index (κ2) is 8.08. The van der Waals surface area contributed by atoms with Crippen LogP contribution in [0.4, 0.5) is 0 Å². The Hall–Kier alpha value is -0.0800. The zero-order valence-corrected chi connectivity index (χ0v) is 11.5. The summed E-state index contributed by atoms with van der Waals surface area (Å²) in [6, 6.07) is 0.707. The van der Waals surface area contributed by atoms with Crippen LogP contribution in [0.1, 0.15) is 52.9 Å². The molecule has 1 aliphatic carbocycles. The maximum atomic E-state index is 3.56. The topological polar surface area (TPSA) is 15.3 Å². The van der Waals surface area contributed by atoms with Gasteiger partial charge in [-0.3, -0.25) is 4.90 Å². The molecule has 96 valence electrons. The predicted molar refractivity (Wildman–Crippen MR) is 71.8 cm³/mol. The van der Waals surface area contributed by atoms with E-state index in [0.29, 0.717) is 6.04 Å². The summed E-state index contributed by atoms with van der Waals surface area (Å²) in [4.78, 5) is 2.63. The number of nitrogens with zero attached hydrogens (tertiary/aromatic N) is 1. The molecule has 16 heavy (non-hydrogen) atoms. The molecule has 1 aliphatic rings. The first-order valence-electron chi connectivity index (χ1n) is 7.18. The maximum absolute atomic E-state index is 3.56. The van der Waals surface area contributed by atoms with Crippen molar-refractivity contribution in [3.05, 3.63) is 0 Å². The average Bonchev–Trinajstić information content (AvgIpc) is 3.05. The van der Waals surface area contributed by atoms with E-state index in [2.05, 4.69) is 31.0 Å². The Morgan fingerprint density at radius 1 is 1.19 bits per heavy atom. The Morgan fingerprint density at radius 3 is 2.50 bits per heavy atom. The molecule has 0 aromatic heterocycles. The van der Waals surface area contributed by atoms with Gasteiger partial charge in [0.1, 0.15) is 0 Å². The van der Waals surface area contributed by atoms with Crippen LogP contribution in [0.3, 0.4) is 0 Å². The highest BCUT2D eigenvalue weighted by atomic mass is 15.2. The first kappa shape index (κ1) is 14.0. The Labute approximate surface area is 102 Å². The highest BCUT2D eigenvalue weighted by Gasteiger charge is 2.24. The summed E-state index contributed by atoms with van der Waals surface area (Å²) >= 11 is 0. The van der Waals surface area contributed by atoms with Gasteiger partial charge in [-0.25, -0.2) is 0 Å². The fraction of sp³-hybridized carbons (Fsp3) is 1.00. The fourth-order valence-electron chi connectivity index (χ4n) is 2.04. The molecule has 1 rings (SSSR count). The van der Waals surface area contributed by atoms with Crippen LogP contribution in [0.25, 0.3) is 0 Å². The lowest BCUT2D eigenvalue weighted by atomic mass is 10.2. The third-order valence-corrected chi connectivity index (χ3v) is 3.45. The molecule has 1 fully saturated rings. The third kappa shape index (κ3) is 6.49. The van der Waals surface area contributed by atoms with Crippen LogP contribution in [0, 0.1) is 5.92 Å². The minimum absolute atomic E-state index is 0.707. The number of hydrogen-bond donors (Lipinski definition) is 1. The highest BCUT2D eigenvalue weighted by molar-refractivity contribution is 4.79. The van der Waals surface area contributed by atoms with Crippen LogP contribution < -0.4 is 5.32 Å². The first-order chi connectivity index (χ1) is 7.74. The van der Waals surface area contributed by atoms with E-state index in [1.165, 1.54) is 51.7 Å². The van der Waals surface area contributed by atoms with Gasteiger partial charge in [0.25, 0.3) is 0 Å². The fourth-order valence-corrected chi connectivity index (χ4v) is 2.04. The molecule has 2 nitrogen and oxygen atoms in total. The van der Waals surface area contributed by atoms with E-state index in [0.717, 1.165) is 12.5 Å². The highest BCUT2D eigenvalue weighted by Crippen LogP contribution is 2.30. The molecule has 0 bridgehead atoms. The van der Waals surface area contributed by atoms with E-state index in [1.807, 2.05) is 0 Å². The average molecular weight is 226 g/mol. The van der Waals surface area contributed by atoms with Crippen molar-refractivity contribution in [2.45, 2.75) is 58.9 Å². The number of nitrogens with one attached hydrogen (secondary N) is 1. The van der Waals surface area contributed by atoms with Crippen molar-refractivity contribution in [1.82, 2.24) is 10.2 Å².